The Hall–Kier alpha value is -3.92. The number of H-pyrrole nitrogens is 1. The van der Waals surface area contributed by atoms with Gasteiger partial charge >= 0.3 is 0 Å². The first-order valence-electron chi connectivity index (χ1n) is 9.34. The number of benzene rings is 4. The van der Waals surface area contributed by atoms with E-state index in [2.05, 4.69) is 46.6 Å². The van der Waals surface area contributed by atoms with E-state index in [0.29, 0.717) is 5.75 Å². The van der Waals surface area contributed by atoms with Crippen LogP contribution in [0.3, 0.4) is 0 Å². The highest BCUT2D eigenvalue weighted by molar-refractivity contribution is 5.93. The van der Waals surface area contributed by atoms with Gasteiger partial charge in [-0.15, -0.1) is 0 Å². The summed E-state index contributed by atoms with van der Waals surface area (Å²) >= 11 is 0. The van der Waals surface area contributed by atoms with Gasteiger partial charge < -0.3 is 4.74 Å². The summed E-state index contributed by atoms with van der Waals surface area (Å²) in [4.78, 5) is 0. The van der Waals surface area contributed by atoms with Crippen LogP contribution in [-0.2, 0) is 0 Å². The Bertz CT molecular complexity index is 1280. The number of hydrogen-bond donors (Lipinski definition) is 1. The van der Waals surface area contributed by atoms with Crippen molar-refractivity contribution in [1.82, 2.24) is 10.2 Å². The van der Waals surface area contributed by atoms with Gasteiger partial charge in [-0.25, -0.2) is 4.39 Å². The minimum atomic E-state index is -0.392. The molecule has 4 aromatic carbocycles. The van der Waals surface area contributed by atoms with Crippen molar-refractivity contribution in [2.45, 2.75) is 0 Å². The molecule has 0 radical (unpaired) electrons. The zero-order chi connectivity index (χ0) is 19.6. The van der Waals surface area contributed by atoms with E-state index in [1.54, 1.807) is 18.2 Å². The molecule has 5 aromatic rings. The predicted octanol–water partition coefficient (Wildman–Crippen LogP) is 6.83. The normalized spacial score (nSPS) is 10.9. The van der Waals surface area contributed by atoms with Gasteiger partial charge in [0, 0.05) is 17.0 Å². The summed E-state index contributed by atoms with van der Waals surface area (Å²) in [5.41, 5.74) is 5.08. The topological polar surface area (TPSA) is 37.9 Å². The van der Waals surface area contributed by atoms with Gasteiger partial charge in [0.15, 0.2) is 11.6 Å². The molecule has 1 N–H and O–H groups in total. The van der Waals surface area contributed by atoms with Gasteiger partial charge in [0.25, 0.3) is 0 Å². The highest BCUT2D eigenvalue weighted by Crippen LogP contribution is 2.32. The summed E-state index contributed by atoms with van der Waals surface area (Å²) in [6, 6.07) is 30.6. The second-order valence-electron chi connectivity index (χ2n) is 6.76. The van der Waals surface area contributed by atoms with Gasteiger partial charge in [0.2, 0.25) is 0 Å². The summed E-state index contributed by atoms with van der Waals surface area (Å²) < 4.78 is 19.5. The Morgan fingerprint density at radius 3 is 2.17 bits per heavy atom. The number of para-hydroxylation sites is 1. The fraction of sp³-hybridized carbons (Fsp3) is 0. The average molecular weight is 380 g/mol. The third-order valence-electron chi connectivity index (χ3n) is 4.86. The van der Waals surface area contributed by atoms with E-state index in [-0.39, 0.29) is 5.75 Å². The fourth-order valence-corrected chi connectivity index (χ4v) is 3.39. The minimum Gasteiger partial charge on any atom is -0.454 e. The van der Waals surface area contributed by atoms with Crippen molar-refractivity contribution in [3.05, 3.63) is 103 Å². The molecule has 140 valence electrons. The Labute approximate surface area is 167 Å². The molecule has 29 heavy (non-hydrogen) atoms. The number of fused-ring (bicyclic) bond motifs is 1. The molecule has 4 heteroatoms. The van der Waals surface area contributed by atoms with Crippen molar-refractivity contribution in [2.75, 3.05) is 0 Å². The van der Waals surface area contributed by atoms with Gasteiger partial charge in [-0.05, 0) is 35.4 Å². The lowest BCUT2D eigenvalue weighted by atomic mass is 10.0. The van der Waals surface area contributed by atoms with E-state index in [9.17, 15) is 4.39 Å². The predicted molar refractivity (Wildman–Crippen MR) is 113 cm³/mol. The summed E-state index contributed by atoms with van der Waals surface area (Å²) in [5.74, 6) is 0.358. The Morgan fingerprint density at radius 2 is 1.38 bits per heavy atom. The molecule has 0 atom stereocenters. The summed E-state index contributed by atoms with van der Waals surface area (Å²) in [6.07, 6.45) is 0. The number of hydrogen-bond acceptors (Lipinski definition) is 2. The molecule has 0 aliphatic rings. The van der Waals surface area contributed by atoms with Crippen molar-refractivity contribution in [3.8, 4) is 33.9 Å². The maximum absolute atomic E-state index is 13.8. The Kier molecular flexibility index (Phi) is 4.30. The molecular formula is C25H17FN2O. The van der Waals surface area contributed by atoms with Crippen LogP contribution in [0.5, 0.6) is 11.5 Å². The summed E-state index contributed by atoms with van der Waals surface area (Å²) in [7, 11) is 0. The van der Waals surface area contributed by atoms with Crippen molar-refractivity contribution in [1.29, 1.82) is 0 Å². The first kappa shape index (κ1) is 17.2. The number of aromatic amines is 1. The highest BCUT2D eigenvalue weighted by Gasteiger charge is 2.11. The molecule has 1 aromatic heterocycles. The van der Waals surface area contributed by atoms with Crippen LogP contribution in [0.4, 0.5) is 4.39 Å². The lowest BCUT2D eigenvalue weighted by molar-refractivity contribution is 0.443. The third kappa shape index (κ3) is 3.36. The van der Waals surface area contributed by atoms with E-state index < -0.39 is 5.82 Å². The largest absolute Gasteiger partial charge is 0.454 e. The van der Waals surface area contributed by atoms with Gasteiger partial charge in [-0.1, -0.05) is 66.7 Å². The number of ether oxygens (including phenoxy) is 1. The molecule has 0 fully saturated rings. The van der Waals surface area contributed by atoms with Crippen LogP contribution in [0.25, 0.3) is 33.3 Å². The molecule has 0 aliphatic heterocycles. The maximum atomic E-state index is 13.8. The molecule has 0 spiro atoms. The molecule has 0 saturated heterocycles. The van der Waals surface area contributed by atoms with E-state index in [1.165, 1.54) is 11.6 Å². The fourth-order valence-electron chi connectivity index (χ4n) is 3.39. The second-order valence-corrected chi connectivity index (χ2v) is 6.76. The van der Waals surface area contributed by atoms with Crippen LogP contribution in [0.15, 0.2) is 97.1 Å². The lowest BCUT2D eigenvalue weighted by Gasteiger charge is -2.06. The SMILES string of the molecule is Fc1ccccc1Oc1ccc2c(-c3ccc(-c4ccccc4)cc3)n[nH]c2c1. The number of halogens is 1. The van der Waals surface area contributed by atoms with E-state index in [0.717, 1.165) is 27.7 Å². The lowest BCUT2D eigenvalue weighted by Crippen LogP contribution is -1.87. The van der Waals surface area contributed by atoms with Crippen molar-refractivity contribution in [2.24, 2.45) is 0 Å². The molecule has 0 unspecified atom stereocenters. The number of aromatic nitrogens is 2. The van der Waals surface area contributed by atoms with Crippen LogP contribution in [0.1, 0.15) is 0 Å². The Morgan fingerprint density at radius 1 is 0.690 bits per heavy atom. The first-order chi connectivity index (χ1) is 14.3. The van der Waals surface area contributed by atoms with Gasteiger partial charge in [-0.3, -0.25) is 5.10 Å². The summed E-state index contributed by atoms with van der Waals surface area (Å²) in [6.45, 7) is 0. The highest BCUT2D eigenvalue weighted by atomic mass is 19.1. The van der Waals surface area contributed by atoms with Crippen LogP contribution in [0.2, 0.25) is 0 Å². The Balaban J connectivity index is 1.45. The average Bonchev–Trinajstić information content (AvgIpc) is 3.19. The van der Waals surface area contributed by atoms with E-state index >= 15 is 0 Å². The molecule has 1 heterocycles. The molecule has 5 rings (SSSR count). The molecule has 0 saturated carbocycles. The summed E-state index contributed by atoms with van der Waals surface area (Å²) in [5, 5.41) is 8.51. The molecule has 3 nitrogen and oxygen atoms in total. The second kappa shape index (κ2) is 7.24. The standard InChI is InChI=1S/C25H17FN2O/c26-22-8-4-5-9-24(22)29-20-14-15-21-23(16-20)27-28-25(21)19-12-10-18(11-13-19)17-6-2-1-3-7-17/h1-16H,(H,27,28). The molecular weight excluding hydrogens is 363 g/mol. The number of rotatable bonds is 4. The monoisotopic (exact) mass is 380 g/mol. The van der Waals surface area contributed by atoms with E-state index in [4.69, 9.17) is 4.74 Å². The van der Waals surface area contributed by atoms with Gasteiger partial charge in [0.1, 0.15) is 5.75 Å². The quantitative estimate of drug-likeness (QED) is 0.371. The van der Waals surface area contributed by atoms with Crippen LogP contribution >= 0.6 is 0 Å². The number of nitrogens with one attached hydrogen (secondary N) is 1. The smallest absolute Gasteiger partial charge is 0.165 e. The van der Waals surface area contributed by atoms with Crippen molar-refractivity contribution < 1.29 is 9.13 Å². The van der Waals surface area contributed by atoms with Crippen LogP contribution in [0, 0.1) is 5.82 Å². The van der Waals surface area contributed by atoms with Crippen molar-refractivity contribution in [3.63, 3.8) is 0 Å². The number of nitrogens with zero attached hydrogens (tertiary/aromatic N) is 1. The first-order valence-corrected chi connectivity index (χ1v) is 9.34. The molecule has 0 amide bonds. The minimum absolute atomic E-state index is 0.197. The van der Waals surface area contributed by atoms with Crippen LogP contribution in [-0.4, -0.2) is 10.2 Å². The molecule has 0 aliphatic carbocycles. The van der Waals surface area contributed by atoms with Gasteiger partial charge in [0.05, 0.1) is 11.2 Å². The van der Waals surface area contributed by atoms with Crippen LogP contribution < -0.4 is 4.74 Å². The zero-order valence-electron chi connectivity index (χ0n) is 15.5. The third-order valence-corrected chi connectivity index (χ3v) is 4.86. The zero-order valence-corrected chi connectivity index (χ0v) is 15.5. The van der Waals surface area contributed by atoms with E-state index in [1.807, 2.05) is 36.4 Å². The van der Waals surface area contributed by atoms with Gasteiger partial charge in [-0.2, -0.15) is 5.10 Å². The molecule has 0 bridgehead atoms. The maximum Gasteiger partial charge on any atom is 0.165 e. The van der Waals surface area contributed by atoms with Crippen molar-refractivity contribution >= 4 is 10.9 Å².